The maximum Gasteiger partial charge on any atom is 0.164 e. The van der Waals surface area contributed by atoms with Gasteiger partial charge in [0.25, 0.3) is 0 Å². The highest BCUT2D eigenvalue weighted by Crippen LogP contribution is 2.42. The highest BCUT2D eigenvalue weighted by atomic mass is 32.1. The van der Waals surface area contributed by atoms with Gasteiger partial charge >= 0.3 is 0 Å². The minimum atomic E-state index is 0.657. The maximum absolute atomic E-state index is 5.06. The summed E-state index contributed by atoms with van der Waals surface area (Å²) in [4.78, 5) is 15.0. The first-order valence-corrected chi connectivity index (χ1v) is 18.7. The van der Waals surface area contributed by atoms with Gasteiger partial charge in [0.15, 0.2) is 17.5 Å². The van der Waals surface area contributed by atoms with Crippen LogP contribution in [0.3, 0.4) is 0 Å². The third kappa shape index (κ3) is 4.91. The standard InChI is InChI=1S/C49H29N3S/c1-3-11-31(12-4-1)47-50-48(32-13-5-2-6-14-32)52-49(51-47)41-26-25-36(38-15-7-8-16-39(38)41)33-23-24-37-34(27-33)21-19-30-20-22-35-28-43-40-17-9-10-18-44(40)53-45(43)29-42(35)46(30)37/h1-29H. The molecule has 0 saturated carbocycles. The molecule has 2 heterocycles. The highest BCUT2D eigenvalue weighted by molar-refractivity contribution is 7.25. The molecule has 9 aromatic carbocycles. The summed E-state index contributed by atoms with van der Waals surface area (Å²) in [6.07, 6.45) is 0. The molecule has 0 fully saturated rings. The van der Waals surface area contributed by atoms with Crippen molar-refractivity contribution in [2.45, 2.75) is 0 Å². The van der Waals surface area contributed by atoms with Crippen LogP contribution in [0.4, 0.5) is 0 Å². The lowest BCUT2D eigenvalue weighted by Crippen LogP contribution is -2.00. The molecule has 4 heteroatoms. The zero-order valence-electron chi connectivity index (χ0n) is 28.5. The molecular formula is C49H29N3S. The first-order valence-electron chi connectivity index (χ1n) is 17.9. The summed E-state index contributed by atoms with van der Waals surface area (Å²) in [6, 6.07) is 62.8. The number of thiophene rings is 1. The van der Waals surface area contributed by atoms with Crippen molar-refractivity contribution in [1.82, 2.24) is 15.0 Å². The Hall–Kier alpha value is -6.75. The van der Waals surface area contributed by atoms with Gasteiger partial charge < -0.3 is 0 Å². The normalized spacial score (nSPS) is 11.8. The smallest absolute Gasteiger partial charge is 0.164 e. The van der Waals surface area contributed by atoms with Crippen LogP contribution < -0.4 is 0 Å². The second-order valence-corrected chi connectivity index (χ2v) is 14.7. The molecule has 0 unspecified atom stereocenters. The number of benzene rings is 9. The molecule has 0 aliphatic heterocycles. The van der Waals surface area contributed by atoms with Crippen molar-refractivity contribution in [2.24, 2.45) is 0 Å². The van der Waals surface area contributed by atoms with Crippen molar-refractivity contribution >= 4 is 74.6 Å². The van der Waals surface area contributed by atoms with E-state index in [1.54, 1.807) is 0 Å². The topological polar surface area (TPSA) is 38.7 Å². The monoisotopic (exact) mass is 691 g/mol. The quantitative estimate of drug-likeness (QED) is 0.172. The summed E-state index contributed by atoms with van der Waals surface area (Å²) in [6.45, 7) is 0. The van der Waals surface area contributed by atoms with Crippen LogP contribution in [0.2, 0.25) is 0 Å². The van der Waals surface area contributed by atoms with Crippen molar-refractivity contribution in [3.63, 3.8) is 0 Å². The van der Waals surface area contributed by atoms with Crippen LogP contribution >= 0.6 is 11.3 Å². The Labute approximate surface area is 309 Å². The van der Waals surface area contributed by atoms with Crippen LogP contribution in [0.25, 0.3) is 109 Å². The predicted octanol–water partition coefficient (Wildman–Crippen LogP) is 13.5. The lowest BCUT2D eigenvalue weighted by atomic mass is 9.91. The molecule has 0 amide bonds. The molecule has 0 aliphatic rings. The number of hydrogen-bond donors (Lipinski definition) is 0. The molecule has 0 aliphatic carbocycles. The van der Waals surface area contributed by atoms with Crippen molar-refractivity contribution in [3.8, 4) is 45.3 Å². The van der Waals surface area contributed by atoms with E-state index < -0.39 is 0 Å². The Balaban J connectivity index is 1.07. The van der Waals surface area contributed by atoms with Crippen LogP contribution in [0, 0.1) is 0 Å². The molecule has 3 nitrogen and oxygen atoms in total. The van der Waals surface area contributed by atoms with Crippen LogP contribution in [0.15, 0.2) is 176 Å². The van der Waals surface area contributed by atoms with Crippen LogP contribution in [-0.2, 0) is 0 Å². The van der Waals surface area contributed by atoms with Gasteiger partial charge in [0, 0.05) is 36.9 Å². The molecule has 246 valence electrons. The van der Waals surface area contributed by atoms with Crippen LogP contribution in [0.5, 0.6) is 0 Å². The van der Waals surface area contributed by atoms with E-state index >= 15 is 0 Å². The number of aromatic nitrogens is 3. The second-order valence-electron chi connectivity index (χ2n) is 13.6. The summed E-state index contributed by atoms with van der Waals surface area (Å²) in [5.74, 6) is 1.97. The van der Waals surface area contributed by atoms with Gasteiger partial charge in [-0.1, -0.05) is 146 Å². The average Bonchev–Trinajstić information content (AvgIpc) is 3.60. The van der Waals surface area contributed by atoms with E-state index in [4.69, 9.17) is 15.0 Å². The Morgan fingerprint density at radius 3 is 1.58 bits per heavy atom. The average molecular weight is 692 g/mol. The molecule has 0 bridgehead atoms. The first kappa shape index (κ1) is 29.9. The van der Waals surface area contributed by atoms with E-state index in [1.165, 1.54) is 63.6 Å². The van der Waals surface area contributed by atoms with E-state index in [0.717, 1.165) is 27.5 Å². The van der Waals surface area contributed by atoms with Gasteiger partial charge in [-0.3, -0.25) is 0 Å². The van der Waals surface area contributed by atoms with Gasteiger partial charge in [-0.15, -0.1) is 11.3 Å². The van der Waals surface area contributed by atoms with Crippen molar-refractivity contribution in [3.05, 3.63) is 176 Å². The molecule has 11 aromatic rings. The Bertz CT molecular complexity index is 3160. The lowest BCUT2D eigenvalue weighted by Gasteiger charge is -2.14. The van der Waals surface area contributed by atoms with Gasteiger partial charge in [0.2, 0.25) is 0 Å². The van der Waals surface area contributed by atoms with Crippen molar-refractivity contribution < 1.29 is 0 Å². The molecule has 0 spiro atoms. The SMILES string of the molecule is c1ccc(-c2nc(-c3ccccc3)nc(-c3ccc(-c4ccc5c(ccc6ccc7cc8c(cc7c65)sc5ccccc58)c4)c4ccccc34)n2)cc1. The highest BCUT2D eigenvalue weighted by Gasteiger charge is 2.17. The van der Waals surface area contributed by atoms with Gasteiger partial charge in [-0.05, 0) is 84.5 Å². The van der Waals surface area contributed by atoms with E-state index in [-0.39, 0.29) is 0 Å². The van der Waals surface area contributed by atoms with Gasteiger partial charge in [0.1, 0.15) is 0 Å². The number of rotatable bonds is 4. The number of hydrogen-bond acceptors (Lipinski definition) is 4. The van der Waals surface area contributed by atoms with Crippen molar-refractivity contribution in [1.29, 1.82) is 0 Å². The van der Waals surface area contributed by atoms with Crippen LogP contribution in [-0.4, -0.2) is 15.0 Å². The van der Waals surface area contributed by atoms with Crippen LogP contribution in [0.1, 0.15) is 0 Å². The lowest BCUT2D eigenvalue weighted by molar-refractivity contribution is 1.08. The zero-order valence-corrected chi connectivity index (χ0v) is 29.3. The number of fused-ring (bicyclic) bond motifs is 9. The maximum atomic E-state index is 5.06. The third-order valence-electron chi connectivity index (χ3n) is 10.5. The largest absolute Gasteiger partial charge is 0.208 e. The Morgan fingerprint density at radius 2 is 0.868 bits per heavy atom. The predicted molar refractivity (Wildman–Crippen MR) is 224 cm³/mol. The van der Waals surface area contributed by atoms with E-state index in [1.807, 2.05) is 72.0 Å². The molecule has 0 saturated heterocycles. The van der Waals surface area contributed by atoms with Crippen molar-refractivity contribution in [2.75, 3.05) is 0 Å². The fourth-order valence-corrected chi connectivity index (χ4v) is 9.08. The molecule has 53 heavy (non-hydrogen) atoms. The first-order chi connectivity index (χ1) is 26.2. The second kappa shape index (κ2) is 11.9. The van der Waals surface area contributed by atoms with Gasteiger partial charge in [0.05, 0.1) is 0 Å². The van der Waals surface area contributed by atoms with E-state index in [0.29, 0.717) is 17.5 Å². The minimum absolute atomic E-state index is 0.657. The molecular weight excluding hydrogens is 663 g/mol. The molecule has 0 radical (unpaired) electrons. The summed E-state index contributed by atoms with van der Waals surface area (Å²) in [7, 11) is 0. The number of nitrogens with zero attached hydrogens (tertiary/aromatic N) is 3. The molecule has 0 N–H and O–H groups in total. The minimum Gasteiger partial charge on any atom is -0.208 e. The van der Waals surface area contributed by atoms with Gasteiger partial charge in [-0.2, -0.15) is 0 Å². The molecule has 11 rings (SSSR count). The molecule has 0 atom stereocenters. The third-order valence-corrected chi connectivity index (χ3v) is 11.6. The molecule has 2 aromatic heterocycles. The zero-order chi connectivity index (χ0) is 34.9. The van der Waals surface area contributed by atoms with E-state index in [2.05, 4.69) is 115 Å². The fourth-order valence-electron chi connectivity index (χ4n) is 7.95. The summed E-state index contributed by atoms with van der Waals surface area (Å²) >= 11 is 1.88. The fraction of sp³-hybridized carbons (Fsp3) is 0. The summed E-state index contributed by atoms with van der Waals surface area (Å²) < 4.78 is 2.66. The van der Waals surface area contributed by atoms with Gasteiger partial charge in [-0.25, -0.2) is 15.0 Å². The summed E-state index contributed by atoms with van der Waals surface area (Å²) in [5, 5.41) is 12.6. The Kier molecular flexibility index (Phi) is 6.73. The Morgan fingerprint density at radius 1 is 0.302 bits per heavy atom. The van der Waals surface area contributed by atoms with E-state index in [9.17, 15) is 0 Å². The summed E-state index contributed by atoms with van der Waals surface area (Å²) in [5.41, 5.74) is 5.25.